The van der Waals surface area contributed by atoms with E-state index in [1.165, 1.54) is 12.1 Å². The van der Waals surface area contributed by atoms with Crippen molar-refractivity contribution in [3.8, 4) is 17.1 Å². The summed E-state index contributed by atoms with van der Waals surface area (Å²) in [6.45, 7) is 1.32. The first kappa shape index (κ1) is 19.9. The zero-order valence-electron chi connectivity index (χ0n) is 17.3. The molecule has 5 rings (SSSR count). The standard InChI is InChI=1S/C22H20N6O4/c1-31-17-7-5-14(6-8-17)11-27-12-19-18(23-13-24-19)10-20(27)22-25-21(26-32-22)15-3-2-4-16(9-15)28(29)30/h2-9,13,20H,10-12H2,1H3,(H,23,24)/t20-/m0/s1. The van der Waals surface area contributed by atoms with E-state index in [2.05, 4.69) is 25.0 Å². The number of nitro groups is 1. The number of nitro benzene ring substituents is 1. The van der Waals surface area contributed by atoms with Gasteiger partial charge in [-0.3, -0.25) is 15.0 Å². The van der Waals surface area contributed by atoms with E-state index in [4.69, 9.17) is 9.26 Å². The Morgan fingerprint density at radius 3 is 2.91 bits per heavy atom. The van der Waals surface area contributed by atoms with Crippen molar-refractivity contribution in [3.05, 3.63) is 87.8 Å². The van der Waals surface area contributed by atoms with Crippen molar-refractivity contribution >= 4 is 5.69 Å². The fourth-order valence-corrected chi connectivity index (χ4v) is 3.91. The summed E-state index contributed by atoms with van der Waals surface area (Å²) in [6, 6.07) is 14.0. The Balaban J connectivity index is 1.44. The summed E-state index contributed by atoms with van der Waals surface area (Å²) >= 11 is 0. The van der Waals surface area contributed by atoms with Gasteiger partial charge in [0.15, 0.2) is 0 Å². The van der Waals surface area contributed by atoms with Crippen molar-refractivity contribution in [2.75, 3.05) is 7.11 Å². The van der Waals surface area contributed by atoms with Crippen LogP contribution in [-0.4, -0.2) is 37.0 Å². The molecule has 0 aliphatic carbocycles. The lowest BCUT2D eigenvalue weighted by Crippen LogP contribution is -2.34. The fourth-order valence-electron chi connectivity index (χ4n) is 3.91. The van der Waals surface area contributed by atoms with E-state index < -0.39 is 4.92 Å². The molecule has 0 bridgehead atoms. The van der Waals surface area contributed by atoms with Crippen LogP contribution in [0.4, 0.5) is 5.69 Å². The van der Waals surface area contributed by atoms with Crippen LogP contribution < -0.4 is 4.74 Å². The van der Waals surface area contributed by atoms with E-state index >= 15 is 0 Å². The Hall–Kier alpha value is -4.05. The number of nitrogens with zero attached hydrogens (tertiary/aromatic N) is 5. The van der Waals surface area contributed by atoms with Crippen LogP contribution in [0, 0.1) is 10.1 Å². The van der Waals surface area contributed by atoms with E-state index in [-0.39, 0.29) is 11.7 Å². The Bertz CT molecular complexity index is 1250. The number of benzene rings is 2. The summed E-state index contributed by atoms with van der Waals surface area (Å²) in [4.78, 5) is 25.1. The monoisotopic (exact) mass is 432 g/mol. The molecule has 0 spiro atoms. The molecule has 2 aromatic carbocycles. The third-order valence-electron chi connectivity index (χ3n) is 5.58. The van der Waals surface area contributed by atoms with Crippen LogP contribution in [0.5, 0.6) is 5.75 Å². The van der Waals surface area contributed by atoms with E-state index in [9.17, 15) is 10.1 Å². The van der Waals surface area contributed by atoms with Gasteiger partial charge in [0.25, 0.3) is 5.69 Å². The highest BCUT2D eigenvalue weighted by molar-refractivity contribution is 5.58. The highest BCUT2D eigenvalue weighted by Crippen LogP contribution is 2.33. The molecule has 0 saturated carbocycles. The first-order valence-corrected chi connectivity index (χ1v) is 10.1. The zero-order valence-corrected chi connectivity index (χ0v) is 17.3. The number of aromatic amines is 1. The maximum atomic E-state index is 11.1. The van der Waals surface area contributed by atoms with Gasteiger partial charge in [-0.2, -0.15) is 4.98 Å². The van der Waals surface area contributed by atoms with Crippen molar-refractivity contribution in [1.82, 2.24) is 25.0 Å². The van der Waals surface area contributed by atoms with Crippen LogP contribution in [0.3, 0.4) is 0 Å². The molecule has 1 aliphatic heterocycles. The first-order valence-electron chi connectivity index (χ1n) is 10.1. The number of imidazole rings is 1. The quantitative estimate of drug-likeness (QED) is 0.362. The molecule has 0 radical (unpaired) electrons. The van der Waals surface area contributed by atoms with Crippen LogP contribution in [0.1, 0.15) is 28.9 Å². The van der Waals surface area contributed by atoms with Gasteiger partial charge < -0.3 is 14.2 Å². The molecule has 1 aliphatic rings. The summed E-state index contributed by atoms with van der Waals surface area (Å²) in [5, 5.41) is 15.2. The molecule has 32 heavy (non-hydrogen) atoms. The number of H-pyrrole nitrogens is 1. The molecule has 162 valence electrons. The molecule has 0 saturated heterocycles. The number of nitrogens with one attached hydrogen (secondary N) is 1. The summed E-state index contributed by atoms with van der Waals surface area (Å²) in [5.41, 5.74) is 3.67. The number of methoxy groups -OCH3 is 1. The Labute approximate surface area is 183 Å². The lowest BCUT2D eigenvalue weighted by atomic mass is 10.0. The molecule has 10 nitrogen and oxygen atoms in total. The van der Waals surface area contributed by atoms with E-state index in [1.807, 2.05) is 24.3 Å². The molecule has 0 amide bonds. The van der Waals surface area contributed by atoms with Gasteiger partial charge >= 0.3 is 0 Å². The minimum atomic E-state index is -0.443. The first-order chi connectivity index (χ1) is 15.6. The van der Waals surface area contributed by atoms with Gasteiger partial charge in [0.2, 0.25) is 11.7 Å². The number of hydrogen-bond acceptors (Lipinski definition) is 8. The maximum absolute atomic E-state index is 11.1. The van der Waals surface area contributed by atoms with Gasteiger partial charge in [-0.1, -0.05) is 29.4 Å². The third-order valence-corrected chi connectivity index (χ3v) is 5.58. The minimum absolute atomic E-state index is 0.0196. The summed E-state index contributed by atoms with van der Waals surface area (Å²) in [5.74, 6) is 1.58. The number of hydrogen-bond donors (Lipinski definition) is 1. The Morgan fingerprint density at radius 2 is 2.12 bits per heavy atom. The number of rotatable bonds is 6. The molecule has 0 fully saturated rings. The third kappa shape index (κ3) is 3.83. The number of ether oxygens (including phenoxy) is 1. The largest absolute Gasteiger partial charge is 0.497 e. The second kappa shape index (κ2) is 8.23. The minimum Gasteiger partial charge on any atom is -0.497 e. The van der Waals surface area contributed by atoms with Crippen molar-refractivity contribution < 1.29 is 14.2 Å². The smallest absolute Gasteiger partial charge is 0.270 e. The lowest BCUT2D eigenvalue weighted by molar-refractivity contribution is -0.384. The number of aromatic nitrogens is 4. The van der Waals surface area contributed by atoms with Crippen LogP contribution in [0.15, 0.2) is 59.4 Å². The molecule has 4 aromatic rings. The van der Waals surface area contributed by atoms with Gasteiger partial charge in [0.1, 0.15) is 5.75 Å². The average Bonchev–Trinajstić information content (AvgIpc) is 3.48. The van der Waals surface area contributed by atoms with Gasteiger partial charge in [0.05, 0.1) is 35.8 Å². The predicted octanol–water partition coefficient (Wildman–Crippen LogP) is 3.68. The van der Waals surface area contributed by atoms with E-state index in [1.54, 1.807) is 25.6 Å². The number of non-ortho nitro benzene ring substituents is 1. The van der Waals surface area contributed by atoms with Crippen LogP contribution in [0.2, 0.25) is 0 Å². The topological polar surface area (TPSA) is 123 Å². The second-order valence-electron chi connectivity index (χ2n) is 7.56. The molecular weight excluding hydrogens is 412 g/mol. The maximum Gasteiger partial charge on any atom is 0.270 e. The molecular formula is C22H20N6O4. The molecule has 2 aromatic heterocycles. The molecule has 10 heteroatoms. The van der Waals surface area contributed by atoms with Crippen LogP contribution >= 0.6 is 0 Å². The lowest BCUT2D eigenvalue weighted by Gasteiger charge is -2.32. The Kier molecular flexibility index (Phi) is 5.12. The zero-order chi connectivity index (χ0) is 22.1. The second-order valence-corrected chi connectivity index (χ2v) is 7.56. The predicted molar refractivity (Wildman–Crippen MR) is 114 cm³/mol. The van der Waals surface area contributed by atoms with Crippen molar-refractivity contribution in [1.29, 1.82) is 0 Å². The summed E-state index contributed by atoms with van der Waals surface area (Å²) in [6.07, 6.45) is 2.31. The van der Waals surface area contributed by atoms with Crippen LogP contribution in [0.25, 0.3) is 11.4 Å². The SMILES string of the molecule is COc1ccc(CN2Cc3[nH]cnc3C[C@H]2c2nc(-c3cccc([N+](=O)[O-])c3)no2)cc1. The number of fused-ring (bicyclic) bond motifs is 1. The summed E-state index contributed by atoms with van der Waals surface area (Å²) in [7, 11) is 1.64. The Morgan fingerprint density at radius 1 is 1.28 bits per heavy atom. The highest BCUT2D eigenvalue weighted by Gasteiger charge is 2.33. The van der Waals surface area contributed by atoms with Crippen molar-refractivity contribution in [2.45, 2.75) is 25.6 Å². The normalized spacial score (nSPS) is 16.0. The average molecular weight is 432 g/mol. The highest BCUT2D eigenvalue weighted by atomic mass is 16.6. The van der Waals surface area contributed by atoms with Crippen molar-refractivity contribution in [3.63, 3.8) is 0 Å². The van der Waals surface area contributed by atoms with Gasteiger partial charge in [-0.25, -0.2) is 4.98 Å². The summed E-state index contributed by atoms with van der Waals surface area (Å²) < 4.78 is 10.9. The molecule has 3 heterocycles. The van der Waals surface area contributed by atoms with Crippen LogP contribution in [-0.2, 0) is 19.5 Å². The van der Waals surface area contributed by atoms with E-state index in [0.717, 1.165) is 22.7 Å². The van der Waals surface area contributed by atoms with Gasteiger partial charge in [0, 0.05) is 37.2 Å². The molecule has 0 unspecified atom stereocenters. The van der Waals surface area contributed by atoms with Gasteiger partial charge in [-0.15, -0.1) is 0 Å². The molecule has 1 N–H and O–H groups in total. The van der Waals surface area contributed by atoms with Gasteiger partial charge in [-0.05, 0) is 17.7 Å². The fraction of sp³-hybridized carbons (Fsp3) is 0.227. The van der Waals surface area contributed by atoms with E-state index in [0.29, 0.717) is 36.8 Å². The molecule has 1 atom stereocenters. The van der Waals surface area contributed by atoms with Crippen molar-refractivity contribution in [2.24, 2.45) is 0 Å².